The van der Waals surface area contributed by atoms with Crippen LogP contribution in [0, 0.1) is 6.92 Å². The molecule has 1 aromatic heterocycles. The van der Waals surface area contributed by atoms with Gasteiger partial charge in [-0.05, 0) is 47.9 Å². The Kier molecular flexibility index (Phi) is 7.31. The number of carbonyl (C=O) groups is 2. The molecule has 1 atom stereocenters. The van der Waals surface area contributed by atoms with E-state index in [1.807, 2.05) is 16.2 Å². The standard InChI is InChI=1S/C24H30ClN3O2S/c1-18-5-2-3-6-19(18)24-20-9-16-31-21(20)7-12-28(24)13-8-22(29)26-10-4-11-27(15-14-26)23(30)17-25/h2-3,5-6,9,16,24H,4,7-8,10-15,17H2,1H3. The molecule has 0 radical (unpaired) electrons. The van der Waals surface area contributed by atoms with Crippen LogP contribution < -0.4 is 0 Å². The summed E-state index contributed by atoms with van der Waals surface area (Å²) in [5.74, 6) is 0.144. The molecule has 2 amide bonds. The summed E-state index contributed by atoms with van der Waals surface area (Å²) < 4.78 is 0. The minimum atomic E-state index is -0.0445. The van der Waals surface area contributed by atoms with Gasteiger partial charge in [0, 0.05) is 50.6 Å². The van der Waals surface area contributed by atoms with E-state index in [1.165, 1.54) is 21.6 Å². The van der Waals surface area contributed by atoms with Crippen molar-refractivity contribution in [1.82, 2.24) is 14.7 Å². The fourth-order valence-electron chi connectivity index (χ4n) is 4.77. The summed E-state index contributed by atoms with van der Waals surface area (Å²) in [6.07, 6.45) is 2.36. The summed E-state index contributed by atoms with van der Waals surface area (Å²) in [6.45, 7) is 6.44. The molecule has 0 aliphatic carbocycles. The molecular formula is C24H30ClN3O2S. The highest BCUT2D eigenvalue weighted by molar-refractivity contribution is 7.10. The summed E-state index contributed by atoms with van der Waals surface area (Å²) >= 11 is 7.54. The van der Waals surface area contributed by atoms with Gasteiger partial charge < -0.3 is 9.80 Å². The Morgan fingerprint density at radius 2 is 1.74 bits per heavy atom. The molecule has 0 bridgehead atoms. The first-order valence-corrected chi connectivity index (χ1v) is 12.5. The lowest BCUT2D eigenvalue weighted by molar-refractivity contribution is -0.132. The van der Waals surface area contributed by atoms with E-state index in [0.717, 1.165) is 25.9 Å². The number of benzene rings is 1. The summed E-state index contributed by atoms with van der Waals surface area (Å²) in [7, 11) is 0. The molecule has 2 aliphatic heterocycles. The second-order valence-electron chi connectivity index (χ2n) is 8.34. The zero-order chi connectivity index (χ0) is 21.8. The maximum atomic E-state index is 13.0. The summed E-state index contributed by atoms with van der Waals surface area (Å²) in [4.78, 5) is 32.5. The topological polar surface area (TPSA) is 43.9 Å². The van der Waals surface area contributed by atoms with Gasteiger partial charge in [0.1, 0.15) is 5.88 Å². The number of fused-ring (bicyclic) bond motifs is 1. The van der Waals surface area contributed by atoms with Crippen molar-refractivity contribution in [3.05, 3.63) is 57.3 Å². The van der Waals surface area contributed by atoms with Crippen LogP contribution >= 0.6 is 22.9 Å². The van der Waals surface area contributed by atoms with E-state index in [-0.39, 0.29) is 23.7 Å². The molecule has 0 saturated carbocycles. The second-order valence-corrected chi connectivity index (χ2v) is 9.61. The molecule has 7 heteroatoms. The van der Waals surface area contributed by atoms with E-state index in [2.05, 4.69) is 47.5 Å². The molecule has 3 heterocycles. The first-order valence-electron chi connectivity index (χ1n) is 11.1. The maximum Gasteiger partial charge on any atom is 0.237 e. The van der Waals surface area contributed by atoms with E-state index in [0.29, 0.717) is 32.6 Å². The molecule has 166 valence electrons. The third-order valence-electron chi connectivity index (χ3n) is 6.48. The van der Waals surface area contributed by atoms with Crippen LogP contribution in [-0.2, 0) is 16.0 Å². The molecule has 31 heavy (non-hydrogen) atoms. The Hall–Kier alpha value is -1.89. The van der Waals surface area contributed by atoms with Gasteiger partial charge in [0.15, 0.2) is 0 Å². The summed E-state index contributed by atoms with van der Waals surface area (Å²) in [5.41, 5.74) is 4.02. The van der Waals surface area contributed by atoms with Crippen LogP contribution in [0.2, 0.25) is 0 Å². The summed E-state index contributed by atoms with van der Waals surface area (Å²) in [5, 5.41) is 2.19. The minimum Gasteiger partial charge on any atom is -0.341 e. The molecule has 5 nitrogen and oxygen atoms in total. The molecule has 4 rings (SSSR count). The fourth-order valence-corrected chi connectivity index (χ4v) is 5.84. The van der Waals surface area contributed by atoms with Crippen molar-refractivity contribution in [1.29, 1.82) is 0 Å². The van der Waals surface area contributed by atoms with Crippen LogP contribution in [-0.4, -0.2) is 71.7 Å². The third kappa shape index (κ3) is 4.97. The number of aryl methyl sites for hydroxylation is 1. The molecule has 1 unspecified atom stereocenters. The van der Waals surface area contributed by atoms with Crippen molar-refractivity contribution in [3.8, 4) is 0 Å². The van der Waals surface area contributed by atoms with Crippen molar-refractivity contribution in [2.24, 2.45) is 0 Å². The van der Waals surface area contributed by atoms with Crippen LogP contribution in [0.5, 0.6) is 0 Å². The number of alkyl halides is 1. The average molecular weight is 460 g/mol. The van der Waals surface area contributed by atoms with Crippen LogP contribution in [0.25, 0.3) is 0 Å². The summed E-state index contributed by atoms with van der Waals surface area (Å²) in [6, 6.07) is 11.1. The highest BCUT2D eigenvalue weighted by Gasteiger charge is 2.31. The normalized spacial score (nSPS) is 19.7. The van der Waals surface area contributed by atoms with Crippen LogP contribution in [0.15, 0.2) is 35.7 Å². The van der Waals surface area contributed by atoms with Gasteiger partial charge in [-0.3, -0.25) is 14.5 Å². The van der Waals surface area contributed by atoms with Crippen molar-refractivity contribution < 1.29 is 9.59 Å². The smallest absolute Gasteiger partial charge is 0.237 e. The Bertz CT molecular complexity index is 931. The van der Waals surface area contributed by atoms with E-state index >= 15 is 0 Å². The number of amides is 2. The van der Waals surface area contributed by atoms with Crippen LogP contribution in [0.3, 0.4) is 0 Å². The second kappa shape index (κ2) is 10.2. The number of halogens is 1. The molecular weight excluding hydrogens is 430 g/mol. The van der Waals surface area contributed by atoms with Crippen molar-refractivity contribution in [3.63, 3.8) is 0 Å². The Labute approximate surface area is 193 Å². The van der Waals surface area contributed by atoms with Crippen molar-refractivity contribution in [2.45, 2.75) is 32.2 Å². The zero-order valence-corrected chi connectivity index (χ0v) is 19.6. The first kappa shape index (κ1) is 22.3. The van der Waals surface area contributed by atoms with Gasteiger partial charge in [-0.15, -0.1) is 22.9 Å². The van der Waals surface area contributed by atoms with Gasteiger partial charge in [-0.2, -0.15) is 0 Å². The molecule has 1 aromatic carbocycles. The van der Waals surface area contributed by atoms with Gasteiger partial charge in [0.2, 0.25) is 11.8 Å². The minimum absolute atomic E-state index is 0.00771. The van der Waals surface area contributed by atoms with E-state index in [4.69, 9.17) is 11.6 Å². The predicted molar refractivity (Wildman–Crippen MR) is 126 cm³/mol. The van der Waals surface area contributed by atoms with Crippen molar-refractivity contribution in [2.75, 3.05) is 45.1 Å². The number of hydrogen-bond acceptors (Lipinski definition) is 4. The highest BCUT2D eigenvalue weighted by atomic mass is 35.5. The first-order chi connectivity index (χ1) is 15.1. The number of rotatable bonds is 5. The largest absolute Gasteiger partial charge is 0.341 e. The van der Waals surface area contributed by atoms with E-state index in [1.54, 1.807) is 4.90 Å². The number of hydrogen-bond donors (Lipinski definition) is 0. The lowest BCUT2D eigenvalue weighted by Crippen LogP contribution is -2.41. The SMILES string of the molecule is Cc1ccccc1C1c2ccsc2CCN1CCC(=O)N1CCCN(C(=O)CCl)CC1. The van der Waals surface area contributed by atoms with E-state index < -0.39 is 0 Å². The third-order valence-corrected chi connectivity index (χ3v) is 7.70. The van der Waals surface area contributed by atoms with Gasteiger partial charge in [-0.1, -0.05) is 24.3 Å². The molecule has 0 spiro atoms. The van der Waals surface area contributed by atoms with Gasteiger partial charge in [0.25, 0.3) is 0 Å². The fraction of sp³-hybridized carbons (Fsp3) is 0.500. The number of nitrogens with zero attached hydrogens (tertiary/aromatic N) is 3. The molecule has 2 aliphatic rings. The van der Waals surface area contributed by atoms with Crippen LogP contribution in [0.1, 0.15) is 40.5 Å². The Morgan fingerprint density at radius 1 is 1.00 bits per heavy atom. The predicted octanol–water partition coefficient (Wildman–Crippen LogP) is 3.69. The monoisotopic (exact) mass is 459 g/mol. The van der Waals surface area contributed by atoms with Crippen molar-refractivity contribution >= 4 is 34.8 Å². The number of thiophene rings is 1. The Balaban J connectivity index is 1.43. The zero-order valence-electron chi connectivity index (χ0n) is 18.1. The Morgan fingerprint density at radius 3 is 2.48 bits per heavy atom. The molecule has 1 fully saturated rings. The molecule has 1 saturated heterocycles. The lowest BCUT2D eigenvalue weighted by Gasteiger charge is -2.37. The quantitative estimate of drug-likeness (QED) is 0.640. The lowest BCUT2D eigenvalue weighted by atomic mass is 9.90. The van der Waals surface area contributed by atoms with Gasteiger partial charge in [0.05, 0.1) is 6.04 Å². The van der Waals surface area contributed by atoms with Crippen LogP contribution in [0.4, 0.5) is 0 Å². The van der Waals surface area contributed by atoms with E-state index in [9.17, 15) is 9.59 Å². The maximum absolute atomic E-state index is 13.0. The average Bonchev–Trinajstić information content (AvgIpc) is 3.13. The van der Waals surface area contributed by atoms with Gasteiger partial charge >= 0.3 is 0 Å². The molecule has 2 aromatic rings. The molecule has 0 N–H and O–H groups in total. The van der Waals surface area contributed by atoms with Gasteiger partial charge in [-0.25, -0.2) is 0 Å². The number of carbonyl (C=O) groups excluding carboxylic acids is 2. The highest BCUT2D eigenvalue weighted by Crippen LogP contribution is 2.38.